The van der Waals surface area contributed by atoms with Crippen LogP contribution in [0, 0.1) is 0 Å². The molecule has 96 valence electrons. The number of imidazole rings is 1. The third kappa shape index (κ3) is 3.79. The van der Waals surface area contributed by atoms with E-state index in [2.05, 4.69) is 20.0 Å². The monoisotopic (exact) mass is 258 g/mol. The molecule has 0 saturated heterocycles. The highest BCUT2D eigenvalue weighted by Crippen LogP contribution is 2.18. The smallest absolute Gasteiger partial charge is 0.215 e. The minimum absolute atomic E-state index is 0.260. The molecule has 1 fully saturated rings. The van der Waals surface area contributed by atoms with Crippen molar-refractivity contribution in [3.63, 3.8) is 0 Å². The Hall–Kier alpha value is -0.920. The predicted molar refractivity (Wildman–Crippen MR) is 64.8 cm³/mol. The molecule has 1 heterocycles. The van der Waals surface area contributed by atoms with Crippen molar-refractivity contribution >= 4 is 10.0 Å². The normalized spacial score (nSPS) is 18.2. The molecule has 0 amide bonds. The van der Waals surface area contributed by atoms with Crippen LogP contribution in [0.2, 0.25) is 0 Å². The van der Waals surface area contributed by atoms with Gasteiger partial charge >= 0.3 is 0 Å². The number of aromatic amines is 1. The van der Waals surface area contributed by atoms with Gasteiger partial charge in [0.1, 0.15) is 0 Å². The molecule has 1 aliphatic rings. The van der Waals surface area contributed by atoms with E-state index >= 15 is 0 Å². The highest BCUT2D eigenvalue weighted by molar-refractivity contribution is 7.90. The molecule has 0 aliphatic heterocycles. The number of rotatable bonds is 7. The molecule has 0 bridgehead atoms. The summed E-state index contributed by atoms with van der Waals surface area (Å²) in [6.45, 7) is 2.48. The van der Waals surface area contributed by atoms with Gasteiger partial charge in [0, 0.05) is 24.5 Å². The fourth-order valence-corrected chi connectivity index (χ4v) is 2.39. The molecule has 7 heteroatoms. The van der Waals surface area contributed by atoms with Crippen molar-refractivity contribution in [3.8, 4) is 0 Å². The van der Waals surface area contributed by atoms with Gasteiger partial charge in [0.2, 0.25) is 10.0 Å². The van der Waals surface area contributed by atoms with E-state index in [1.165, 1.54) is 6.33 Å². The van der Waals surface area contributed by atoms with Crippen molar-refractivity contribution < 1.29 is 8.42 Å². The molecular weight excluding hydrogens is 240 g/mol. The average Bonchev–Trinajstić information content (AvgIpc) is 2.97. The van der Waals surface area contributed by atoms with Gasteiger partial charge in [0.05, 0.1) is 18.1 Å². The predicted octanol–water partition coefficient (Wildman–Crippen LogP) is -0.0304. The zero-order chi connectivity index (χ0) is 12.3. The molecule has 6 nitrogen and oxygen atoms in total. The lowest BCUT2D eigenvalue weighted by atomic mass is 10.4. The van der Waals surface area contributed by atoms with E-state index < -0.39 is 15.3 Å². The Morgan fingerprint density at radius 2 is 2.35 bits per heavy atom. The second-order valence-electron chi connectivity index (χ2n) is 4.44. The summed E-state index contributed by atoms with van der Waals surface area (Å²) in [6, 6.07) is 0.528. The summed E-state index contributed by atoms with van der Waals surface area (Å²) in [5.74, 6) is 0. The number of aromatic nitrogens is 2. The lowest BCUT2D eigenvalue weighted by Gasteiger charge is -2.14. The summed E-state index contributed by atoms with van der Waals surface area (Å²) in [7, 11) is -3.26. The fraction of sp³-hybridized carbons (Fsp3) is 0.700. The quantitative estimate of drug-likeness (QED) is 0.641. The zero-order valence-corrected chi connectivity index (χ0v) is 10.6. The van der Waals surface area contributed by atoms with E-state index in [4.69, 9.17) is 0 Å². The summed E-state index contributed by atoms with van der Waals surface area (Å²) in [5, 5.41) is 2.79. The van der Waals surface area contributed by atoms with E-state index in [-0.39, 0.29) is 6.54 Å². The minimum Gasteiger partial charge on any atom is -0.347 e. The second-order valence-corrected chi connectivity index (χ2v) is 6.62. The van der Waals surface area contributed by atoms with Gasteiger partial charge in [0.15, 0.2) is 0 Å². The molecule has 17 heavy (non-hydrogen) atoms. The van der Waals surface area contributed by atoms with E-state index in [0.29, 0.717) is 12.6 Å². The van der Waals surface area contributed by atoms with Crippen LogP contribution in [-0.2, 0) is 16.6 Å². The lowest BCUT2D eigenvalue weighted by Crippen LogP contribution is -2.39. The summed E-state index contributed by atoms with van der Waals surface area (Å²) in [6.07, 6.45) is 5.46. The zero-order valence-electron chi connectivity index (χ0n) is 9.81. The number of nitrogens with zero attached hydrogens (tertiary/aromatic N) is 1. The largest absolute Gasteiger partial charge is 0.347 e. The van der Waals surface area contributed by atoms with E-state index in [1.54, 1.807) is 13.1 Å². The van der Waals surface area contributed by atoms with Crippen molar-refractivity contribution in [1.82, 2.24) is 20.0 Å². The average molecular weight is 258 g/mol. The highest BCUT2D eigenvalue weighted by atomic mass is 32.2. The van der Waals surface area contributed by atoms with E-state index in [9.17, 15) is 8.42 Å². The van der Waals surface area contributed by atoms with Gasteiger partial charge in [-0.25, -0.2) is 18.1 Å². The number of sulfonamides is 1. The van der Waals surface area contributed by atoms with Gasteiger partial charge in [0.25, 0.3) is 0 Å². The molecule has 0 radical (unpaired) electrons. The number of nitrogens with one attached hydrogen (secondary N) is 3. The third-order valence-electron chi connectivity index (χ3n) is 2.82. The first-order valence-corrected chi connectivity index (χ1v) is 7.31. The van der Waals surface area contributed by atoms with Crippen LogP contribution in [-0.4, -0.2) is 36.2 Å². The molecule has 0 aromatic carbocycles. The minimum atomic E-state index is -3.26. The van der Waals surface area contributed by atoms with E-state index in [0.717, 1.165) is 18.5 Å². The standard InChI is InChI=1S/C10H18N4O2S/c1-8(4-12-9-2-3-9)17(15,16)14-6-10-5-11-7-13-10/h5,7-9,12,14H,2-4,6H2,1H3,(H,11,13). The van der Waals surface area contributed by atoms with Crippen LogP contribution in [0.3, 0.4) is 0 Å². The molecular formula is C10H18N4O2S. The summed E-state index contributed by atoms with van der Waals surface area (Å²) in [4.78, 5) is 6.69. The molecule has 1 saturated carbocycles. The van der Waals surface area contributed by atoms with Gasteiger partial charge in [-0.3, -0.25) is 0 Å². The molecule has 1 aliphatic carbocycles. The third-order valence-corrected chi connectivity index (χ3v) is 4.59. The van der Waals surface area contributed by atoms with Crippen molar-refractivity contribution in [1.29, 1.82) is 0 Å². The topological polar surface area (TPSA) is 86.9 Å². The van der Waals surface area contributed by atoms with Gasteiger partial charge < -0.3 is 10.3 Å². The van der Waals surface area contributed by atoms with Gasteiger partial charge in [-0.15, -0.1) is 0 Å². The molecule has 1 aromatic heterocycles. The Morgan fingerprint density at radius 1 is 1.59 bits per heavy atom. The Morgan fingerprint density at radius 3 is 2.94 bits per heavy atom. The first-order chi connectivity index (χ1) is 8.08. The van der Waals surface area contributed by atoms with Crippen molar-refractivity contribution in [2.45, 2.75) is 37.6 Å². The van der Waals surface area contributed by atoms with Crippen LogP contribution in [0.25, 0.3) is 0 Å². The Balaban J connectivity index is 1.79. The maximum atomic E-state index is 11.9. The maximum absolute atomic E-state index is 11.9. The first-order valence-electron chi connectivity index (χ1n) is 5.77. The summed E-state index contributed by atoms with van der Waals surface area (Å²) in [5.41, 5.74) is 0.760. The Bertz CT molecular complexity index is 439. The molecule has 0 spiro atoms. The summed E-state index contributed by atoms with van der Waals surface area (Å²) < 4.78 is 26.3. The fourth-order valence-electron chi connectivity index (χ4n) is 1.43. The SMILES string of the molecule is CC(CNC1CC1)S(=O)(=O)NCc1cnc[nH]1. The molecule has 1 atom stereocenters. The first kappa shape index (κ1) is 12.5. The second kappa shape index (κ2) is 5.16. The molecule has 2 rings (SSSR count). The van der Waals surface area contributed by atoms with Crippen LogP contribution < -0.4 is 10.0 Å². The number of hydrogen-bond acceptors (Lipinski definition) is 4. The van der Waals surface area contributed by atoms with Crippen molar-refractivity contribution in [2.75, 3.05) is 6.54 Å². The van der Waals surface area contributed by atoms with Crippen molar-refractivity contribution in [2.24, 2.45) is 0 Å². The highest BCUT2D eigenvalue weighted by Gasteiger charge is 2.25. The molecule has 3 N–H and O–H groups in total. The van der Waals surface area contributed by atoms with Crippen LogP contribution in [0.4, 0.5) is 0 Å². The number of H-pyrrole nitrogens is 1. The molecule has 1 aromatic rings. The molecule has 1 unspecified atom stereocenters. The van der Waals surface area contributed by atoms with Gasteiger partial charge in [-0.05, 0) is 19.8 Å². The van der Waals surface area contributed by atoms with Gasteiger partial charge in [-0.2, -0.15) is 0 Å². The maximum Gasteiger partial charge on any atom is 0.215 e. The summed E-state index contributed by atoms with van der Waals surface area (Å²) >= 11 is 0. The van der Waals surface area contributed by atoms with Crippen molar-refractivity contribution in [3.05, 3.63) is 18.2 Å². The van der Waals surface area contributed by atoms with Crippen LogP contribution in [0.15, 0.2) is 12.5 Å². The Labute approximate surface area is 101 Å². The van der Waals surface area contributed by atoms with E-state index in [1.807, 2.05) is 0 Å². The lowest BCUT2D eigenvalue weighted by molar-refractivity contribution is 0.556. The van der Waals surface area contributed by atoms with Crippen LogP contribution in [0.1, 0.15) is 25.5 Å². The Kier molecular flexibility index (Phi) is 3.80. The van der Waals surface area contributed by atoms with Crippen LogP contribution in [0.5, 0.6) is 0 Å². The number of hydrogen-bond donors (Lipinski definition) is 3. The van der Waals surface area contributed by atoms with Crippen LogP contribution >= 0.6 is 0 Å². The van der Waals surface area contributed by atoms with Gasteiger partial charge in [-0.1, -0.05) is 0 Å².